The fourth-order valence-electron chi connectivity index (χ4n) is 2.23. The lowest BCUT2D eigenvalue weighted by Crippen LogP contribution is -2.24. The first-order chi connectivity index (χ1) is 9.05. The van der Waals surface area contributed by atoms with Crippen molar-refractivity contribution in [3.05, 3.63) is 46.7 Å². The topological polar surface area (TPSA) is 31.4 Å². The van der Waals surface area contributed by atoms with Gasteiger partial charge < -0.3 is 9.47 Å². The van der Waals surface area contributed by atoms with E-state index in [0.29, 0.717) is 0 Å². The normalized spacial score (nSPS) is 15.7. The summed E-state index contributed by atoms with van der Waals surface area (Å²) in [5, 5.41) is 0. The molecule has 1 aliphatic rings. The lowest BCUT2D eigenvalue weighted by Gasteiger charge is -2.18. The second kappa shape index (κ2) is 4.53. The van der Waals surface area contributed by atoms with Gasteiger partial charge in [0.2, 0.25) is 0 Å². The first kappa shape index (κ1) is 12.5. The van der Waals surface area contributed by atoms with Gasteiger partial charge in [-0.3, -0.25) is 4.98 Å². The average Bonchev–Trinajstić information content (AvgIpc) is 2.67. The van der Waals surface area contributed by atoms with E-state index in [1.54, 1.807) is 12.4 Å². The summed E-state index contributed by atoms with van der Waals surface area (Å²) in [5.41, 5.74) is 1.02. The highest BCUT2D eigenvalue weighted by Gasteiger charge is 2.32. The fourth-order valence-corrected chi connectivity index (χ4v) is 2.56. The van der Waals surface area contributed by atoms with Gasteiger partial charge in [0.05, 0.1) is 4.47 Å². The maximum atomic E-state index is 5.98. The number of pyridine rings is 1. The Morgan fingerprint density at radius 3 is 2.89 bits per heavy atom. The largest absolute Gasteiger partial charge is 0.483 e. The Morgan fingerprint density at radius 2 is 2.11 bits per heavy atom. The van der Waals surface area contributed by atoms with E-state index in [1.807, 2.05) is 18.2 Å². The summed E-state index contributed by atoms with van der Waals surface area (Å²) in [7, 11) is 0. The summed E-state index contributed by atoms with van der Waals surface area (Å²) < 4.78 is 12.7. The molecule has 0 saturated carbocycles. The summed E-state index contributed by atoms with van der Waals surface area (Å²) in [5.74, 6) is 2.32. The standard InChI is InChI=1S/C15H14BrNO2/c1-15(2)8-10-4-3-5-13(14(10)19-15)18-12-6-7-17-9-11(12)16/h3-7,9H,8H2,1-2H3. The summed E-state index contributed by atoms with van der Waals surface area (Å²) in [6.07, 6.45) is 4.31. The molecule has 0 N–H and O–H groups in total. The van der Waals surface area contributed by atoms with Crippen molar-refractivity contribution in [2.45, 2.75) is 25.9 Å². The van der Waals surface area contributed by atoms with Crippen molar-refractivity contribution in [1.29, 1.82) is 0 Å². The molecule has 2 heterocycles. The quantitative estimate of drug-likeness (QED) is 0.824. The van der Waals surface area contributed by atoms with Crippen LogP contribution < -0.4 is 9.47 Å². The number of aromatic nitrogens is 1. The number of hydrogen-bond donors (Lipinski definition) is 0. The minimum atomic E-state index is -0.169. The molecule has 0 aliphatic carbocycles. The van der Waals surface area contributed by atoms with Gasteiger partial charge in [0.1, 0.15) is 11.4 Å². The van der Waals surface area contributed by atoms with Crippen LogP contribution in [0, 0.1) is 0 Å². The molecule has 0 bridgehead atoms. The number of benzene rings is 1. The fraction of sp³-hybridized carbons (Fsp3) is 0.267. The van der Waals surface area contributed by atoms with Crippen LogP contribution in [0.25, 0.3) is 0 Å². The second-order valence-corrected chi connectivity index (χ2v) is 6.05. The smallest absolute Gasteiger partial charge is 0.169 e. The summed E-state index contributed by atoms with van der Waals surface area (Å²) in [6, 6.07) is 7.82. The van der Waals surface area contributed by atoms with Crippen LogP contribution in [0.4, 0.5) is 0 Å². The Hall–Kier alpha value is -1.55. The SMILES string of the molecule is CC1(C)Cc2cccc(Oc3ccncc3Br)c2O1. The molecule has 0 saturated heterocycles. The third kappa shape index (κ3) is 2.45. The number of ether oxygens (including phenoxy) is 2. The van der Waals surface area contributed by atoms with E-state index in [9.17, 15) is 0 Å². The van der Waals surface area contributed by atoms with E-state index < -0.39 is 0 Å². The van der Waals surface area contributed by atoms with Gasteiger partial charge in [-0.25, -0.2) is 0 Å². The highest BCUT2D eigenvalue weighted by atomic mass is 79.9. The van der Waals surface area contributed by atoms with Gasteiger partial charge in [-0.2, -0.15) is 0 Å². The number of halogens is 1. The first-order valence-corrected chi connectivity index (χ1v) is 6.93. The molecule has 19 heavy (non-hydrogen) atoms. The molecule has 0 spiro atoms. The molecule has 0 fully saturated rings. The molecule has 0 radical (unpaired) electrons. The highest BCUT2D eigenvalue weighted by molar-refractivity contribution is 9.10. The molecule has 3 nitrogen and oxygen atoms in total. The average molecular weight is 320 g/mol. The summed E-state index contributed by atoms with van der Waals surface area (Å²) in [6.45, 7) is 4.16. The zero-order valence-corrected chi connectivity index (χ0v) is 12.4. The number of rotatable bonds is 2. The van der Waals surface area contributed by atoms with Gasteiger partial charge >= 0.3 is 0 Å². The predicted octanol–water partition coefficient (Wildman–Crippen LogP) is 4.35. The van der Waals surface area contributed by atoms with E-state index in [-0.39, 0.29) is 5.60 Å². The van der Waals surface area contributed by atoms with Crippen LogP contribution in [-0.4, -0.2) is 10.6 Å². The van der Waals surface area contributed by atoms with Gasteiger partial charge in [0.15, 0.2) is 11.5 Å². The van der Waals surface area contributed by atoms with Crippen molar-refractivity contribution in [2.75, 3.05) is 0 Å². The van der Waals surface area contributed by atoms with Gasteiger partial charge in [-0.1, -0.05) is 12.1 Å². The molecule has 3 rings (SSSR count). The number of fused-ring (bicyclic) bond motifs is 1. The van der Waals surface area contributed by atoms with Crippen molar-refractivity contribution in [3.63, 3.8) is 0 Å². The van der Waals surface area contributed by atoms with E-state index in [4.69, 9.17) is 9.47 Å². The molecule has 1 aliphatic heterocycles. The monoisotopic (exact) mass is 319 g/mol. The molecule has 2 aromatic rings. The third-order valence-corrected chi connectivity index (χ3v) is 3.61. The molecule has 1 aromatic heterocycles. The Morgan fingerprint density at radius 1 is 1.26 bits per heavy atom. The first-order valence-electron chi connectivity index (χ1n) is 6.13. The van der Waals surface area contributed by atoms with E-state index in [2.05, 4.69) is 40.8 Å². The maximum absolute atomic E-state index is 5.98. The van der Waals surface area contributed by atoms with E-state index >= 15 is 0 Å². The van der Waals surface area contributed by atoms with Crippen LogP contribution in [0.2, 0.25) is 0 Å². The Labute approximate surface area is 120 Å². The van der Waals surface area contributed by atoms with Gasteiger partial charge in [-0.15, -0.1) is 0 Å². The van der Waals surface area contributed by atoms with Crippen molar-refractivity contribution in [3.8, 4) is 17.2 Å². The second-order valence-electron chi connectivity index (χ2n) is 5.19. The molecule has 0 atom stereocenters. The van der Waals surface area contributed by atoms with Crippen LogP contribution in [0.1, 0.15) is 19.4 Å². The van der Waals surface area contributed by atoms with Crippen molar-refractivity contribution < 1.29 is 9.47 Å². The molecule has 0 amide bonds. The minimum Gasteiger partial charge on any atom is -0.483 e. The number of hydrogen-bond acceptors (Lipinski definition) is 3. The summed E-state index contributed by atoms with van der Waals surface area (Å²) in [4.78, 5) is 4.02. The molecule has 4 heteroatoms. The predicted molar refractivity (Wildman–Crippen MR) is 76.9 cm³/mol. The van der Waals surface area contributed by atoms with Crippen LogP contribution in [0.5, 0.6) is 17.2 Å². The molecule has 0 unspecified atom stereocenters. The van der Waals surface area contributed by atoms with Crippen LogP contribution >= 0.6 is 15.9 Å². The number of para-hydroxylation sites is 1. The minimum absolute atomic E-state index is 0.169. The van der Waals surface area contributed by atoms with E-state index in [1.165, 1.54) is 5.56 Å². The molecular formula is C15H14BrNO2. The van der Waals surface area contributed by atoms with Crippen molar-refractivity contribution in [2.24, 2.45) is 0 Å². The molecule has 98 valence electrons. The van der Waals surface area contributed by atoms with Gasteiger partial charge in [0.25, 0.3) is 0 Å². The third-order valence-electron chi connectivity index (χ3n) is 3.01. The summed E-state index contributed by atoms with van der Waals surface area (Å²) >= 11 is 3.43. The van der Waals surface area contributed by atoms with Crippen LogP contribution in [-0.2, 0) is 6.42 Å². The van der Waals surface area contributed by atoms with Gasteiger partial charge in [0, 0.05) is 30.4 Å². The van der Waals surface area contributed by atoms with E-state index in [0.717, 1.165) is 28.1 Å². The zero-order chi connectivity index (χ0) is 13.5. The molecular weight excluding hydrogens is 306 g/mol. The van der Waals surface area contributed by atoms with Crippen LogP contribution in [0.3, 0.4) is 0 Å². The zero-order valence-electron chi connectivity index (χ0n) is 10.8. The lowest BCUT2D eigenvalue weighted by atomic mass is 10.0. The number of nitrogens with zero attached hydrogens (tertiary/aromatic N) is 1. The lowest BCUT2D eigenvalue weighted by molar-refractivity contribution is 0.135. The molecule has 1 aromatic carbocycles. The Kier molecular flexibility index (Phi) is 2.97. The Balaban J connectivity index is 1.96. The Bertz CT molecular complexity index is 625. The maximum Gasteiger partial charge on any atom is 0.169 e. The van der Waals surface area contributed by atoms with Crippen molar-refractivity contribution in [1.82, 2.24) is 4.98 Å². The van der Waals surface area contributed by atoms with Gasteiger partial charge in [-0.05, 0) is 35.8 Å². The highest BCUT2D eigenvalue weighted by Crippen LogP contribution is 2.44. The van der Waals surface area contributed by atoms with Crippen molar-refractivity contribution >= 4 is 15.9 Å². The van der Waals surface area contributed by atoms with Crippen LogP contribution in [0.15, 0.2) is 41.1 Å².